The van der Waals surface area contributed by atoms with Gasteiger partial charge in [-0.1, -0.05) is 0 Å². The average Bonchev–Trinajstić information content (AvgIpc) is 3.13. The van der Waals surface area contributed by atoms with E-state index in [1.807, 2.05) is 0 Å². The lowest BCUT2D eigenvalue weighted by Gasteiger charge is -2.20. The van der Waals surface area contributed by atoms with Crippen molar-refractivity contribution in [2.75, 3.05) is 12.3 Å². The van der Waals surface area contributed by atoms with Crippen LogP contribution in [0.4, 0.5) is 5.82 Å². The summed E-state index contributed by atoms with van der Waals surface area (Å²) in [5.74, 6) is 0.0623. The van der Waals surface area contributed by atoms with Crippen molar-refractivity contribution < 1.29 is 56.8 Å². The van der Waals surface area contributed by atoms with E-state index in [-0.39, 0.29) is 17.0 Å². The Labute approximate surface area is 177 Å². The van der Waals surface area contributed by atoms with E-state index in [2.05, 4.69) is 39.9 Å². The summed E-state index contributed by atoms with van der Waals surface area (Å²) in [5.41, 5.74) is 6.07. The number of imidazole rings is 1. The Bertz CT molecular complexity index is 1110. The van der Waals surface area contributed by atoms with Gasteiger partial charge in [0.25, 0.3) is 0 Å². The van der Waals surface area contributed by atoms with Crippen molar-refractivity contribution in [3.63, 3.8) is 0 Å². The molecule has 21 heteroatoms. The van der Waals surface area contributed by atoms with Crippen LogP contribution in [-0.2, 0) is 38.8 Å². The molecule has 1 saturated heterocycles. The van der Waals surface area contributed by atoms with Gasteiger partial charge in [0.05, 0.1) is 12.9 Å². The van der Waals surface area contributed by atoms with Gasteiger partial charge in [-0.3, -0.25) is 9.09 Å². The van der Waals surface area contributed by atoms with Gasteiger partial charge >= 0.3 is 22.4 Å². The lowest BCUT2D eigenvalue weighted by molar-refractivity contribution is -0.0502. The Kier molecular flexibility index (Phi) is 6.99. The molecule has 1 aliphatic rings. The van der Waals surface area contributed by atoms with Crippen molar-refractivity contribution >= 4 is 51.2 Å². The van der Waals surface area contributed by atoms with Crippen molar-refractivity contribution in [1.82, 2.24) is 19.5 Å². The first-order valence-electron chi connectivity index (χ1n) is 7.92. The van der Waals surface area contributed by atoms with Gasteiger partial charge < -0.3 is 40.3 Å². The first-order chi connectivity index (χ1) is 14.2. The molecule has 3 rings (SSSR count). The zero-order valence-electron chi connectivity index (χ0n) is 14.9. The summed E-state index contributed by atoms with van der Waals surface area (Å²) >= 11 is 4.22. The molecule has 6 atom stereocenters. The second kappa shape index (κ2) is 8.78. The van der Waals surface area contributed by atoms with Crippen LogP contribution < -0.4 is 5.73 Å². The molecule has 0 saturated carbocycles. The molecule has 2 aromatic rings. The number of anilines is 1. The quantitative estimate of drug-likeness (QED) is 0.194. The number of nitrogens with zero attached hydrogens (tertiary/aromatic N) is 4. The fourth-order valence-electron chi connectivity index (χ4n) is 2.62. The standard InChI is InChI=1S/C10H16N5O12P3S/c11-8-5-9(13-2-12-8)15(3-14-5)10-7(17)6(16)4(25-10)1-24-29(21,22)27-30(23,31)26-28(18,19)20/h2-4,6-7,10,16-17H,1H2,(H,21,22)(H,23,31)(H2,11,12,13)(H2,18,19,20)/t4-,6-,7-,10-,30?/m1/s1. The predicted octanol–water partition coefficient (Wildman–Crippen LogP) is -1.51. The number of rotatable bonds is 8. The lowest BCUT2D eigenvalue weighted by Crippen LogP contribution is -2.33. The summed E-state index contributed by atoms with van der Waals surface area (Å²) < 4.78 is 41.7. The number of aromatic nitrogens is 4. The first kappa shape index (κ1) is 24.7. The van der Waals surface area contributed by atoms with Crippen LogP contribution in [0.25, 0.3) is 11.2 Å². The third kappa shape index (κ3) is 5.90. The minimum atomic E-state index is -5.33. The highest BCUT2D eigenvalue weighted by Gasteiger charge is 2.46. The topological polar surface area (TPSA) is 262 Å². The van der Waals surface area contributed by atoms with E-state index in [1.54, 1.807) is 0 Å². The molecule has 17 nitrogen and oxygen atoms in total. The minimum absolute atomic E-state index is 0.0623. The number of aliphatic hydroxyl groups excluding tert-OH is 2. The smallest absolute Gasteiger partial charge is 0.387 e. The van der Waals surface area contributed by atoms with Crippen LogP contribution in [0.15, 0.2) is 12.7 Å². The number of phosphoric acid groups is 2. The van der Waals surface area contributed by atoms with E-state index in [4.69, 9.17) is 20.3 Å². The van der Waals surface area contributed by atoms with E-state index in [1.165, 1.54) is 10.9 Å². The van der Waals surface area contributed by atoms with E-state index < -0.39 is 53.5 Å². The van der Waals surface area contributed by atoms with Crippen molar-refractivity contribution in [3.05, 3.63) is 12.7 Å². The summed E-state index contributed by atoms with van der Waals surface area (Å²) in [6, 6.07) is 0. The highest BCUT2D eigenvalue weighted by atomic mass is 32.5. The zero-order chi connectivity index (χ0) is 23.2. The van der Waals surface area contributed by atoms with Crippen LogP contribution in [0, 0.1) is 0 Å². The second-order valence-corrected chi connectivity index (χ2v) is 11.8. The molecule has 0 spiro atoms. The van der Waals surface area contributed by atoms with Gasteiger partial charge in [-0.05, 0) is 11.8 Å². The third-order valence-corrected chi connectivity index (χ3v) is 8.82. The zero-order valence-corrected chi connectivity index (χ0v) is 18.4. The molecular formula is C10H16N5O12P3S. The Balaban J connectivity index is 1.69. The van der Waals surface area contributed by atoms with Crippen LogP contribution in [-0.4, -0.2) is 74.2 Å². The first-order valence-corrected chi connectivity index (χ1v) is 13.5. The number of aliphatic hydroxyl groups is 2. The van der Waals surface area contributed by atoms with Crippen LogP contribution in [0.5, 0.6) is 0 Å². The van der Waals surface area contributed by atoms with Crippen molar-refractivity contribution in [1.29, 1.82) is 0 Å². The van der Waals surface area contributed by atoms with Gasteiger partial charge in [0.2, 0.25) is 0 Å². The monoisotopic (exact) mass is 523 g/mol. The molecule has 3 heterocycles. The lowest BCUT2D eigenvalue weighted by atomic mass is 10.1. The second-order valence-electron chi connectivity index (χ2n) is 6.02. The Morgan fingerprint density at radius 1 is 1.13 bits per heavy atom. The summed E-state index contributed by atoms with van der Waals surface area (Å²) in [6.45, 7) is -5.73. The molecule has 1 fully saturated rings. The highest BCUT2D eigenvalue weighted by Crippen LogP contribution is 2.66. The fraction of sp³-hybridized carbons (Fsp3) is 0.500. The molecule has 0 aliphatic carbocycles. The van der Waals surface area contributed by atoms with Gasteiger partial charge in [0.1, 0.15) is 30.2 Å². The average molecular weight is 523 g/mol. The normalized spacial score (nSPS) is 28.5. The van der Waals surface area contributed by atoms with Gasteiger partial charge in [-0.25, -0.2) is 32.7 Å². The minimum Gasteiger partial charge on any atom is -0.387 e. The molecule has 0 bridgehead atoms. The van der Waals surface area contributed by atoms with Crippen molar-refractivity contribution in [3.8, 4) is 0 Å². The van der Waals surface area contributed by atoms with E-state index >= 15 is 0 Å². The van der Waals surface area contributed by atoms with Crippen molar-refractivity contribution in [2.24, 2.45) is 0 Å². The summed E-state index contributed by atoms with van der Waals surface area (Å²) in [4.78, 5) is 48.1. The number of hydrogen-bond acceptors (Lipinski definition) is 13. The van der Waals surface area contributed by atoms with Crippen LogP contribution in [0.1, 0.15) is 6.23 Å². The summed E-state index contributed by atoms with van der Waals surface area (Å²) in [5, 5.41) is 20.5. The largest absolute Gasteiger partial charge is 0.479 e. The Hall–Kier alpha value is -0.940. The fourth-order valence-corrected chi connectivity index (χ4v) is 7.19. The van der Waals surface area contributed by atoms with Crippen LogP contribution in [0.2, 0.25) is 0 Å². The maximum absolute atomic E-state index is 11.9. The van der Waals surface area contributed by atoms with Crippen LogP contribution >= 0.6 is 22.4 Å². The third-order valence-electron chi connectivity index (χ3n) is 3.82. The molecule has 8 N–H and O–H groups in total. The van der Waals surface area contributed by atoms with Crippen molar-refractivity contribution in [2.45, 2.75) is 24.5 Å². The number of ether oxygens (including phenoxy) is 1. The summed E-state index contributed by atoms with van der Waals surface area (Å²) in [7, 11) is -10.6. The van der Waals surface area contributed by atoms with E-state index in [0.29, 0.717) is 0 Å². The van der Waals surface area contributed by atoms with E-state index in [9.17, 15) is 29.1 Å². The molecular weight excluding hydrogens is 507 g/mol. The van der Waals surface area contributed by atoms with Gasteiger partial charge in [0, 0.05) is 0 Å². The summed E-state index contributed by atoms with van der Waals surface area (Å²) in [6.07, 6.45) is -3.44. The molecule has 2 aromatic heterocycles. The van der Waals surface area contributed by atoms with E-state index in [0.717, 1.165) is 6.33 Å². The van der Waals surface area contributed by atoms with Crippen LogP contribution in [0.3, 0.4) is 0 Å². The number of fused-ring (bicyclic) bond motifs is 1. The predicted molar refractivity (Wildman–Crippen MR) is 102 cm³/mol. The number of hydrogen-bond donors (Lipinski definition) is 7. The van der Waals surface area contributed by atoms with Gasteiger partial charge in [-0.2, -0.15) is 0 Å². The maximum Gasteiger partial charge on any atom is 0.479 e. The SMILES string of the molecule is Nc1ncnc2c1ncn2[C@@H]1O[C@H](COP(=O)(O)OP(O)(=S)OP(=O)(O)O)[C@@H](O)[C@H]1O. The molecule has 0 aromatic carbocycles. The highest BCUT2D eigenvalue weighted by molar-refractivity contribution is 8.09. The number of nitrogen functional groups attached to an aromatic ring is 1. The van der Waals surface area contributed by atoms with Gasteiger partial charge in [0.15, 0.2) is 17.7 Å². The van der Waals surface area contributed by atoms with Gasteiger partial charge in [-0.15, -0.1) is 0 Å². The molecule has 0 radical (unpaired) electrons. The number of phosphoric ester groups is 1. The Morgan fingerprint density at radius 3 is 2.45 bits per heavy atom. The molecule has 2 unspecified atom stereocenters. The molecule has 0 amide bonds. The number of nitrogens with two attached hydrogens (primary N) is 1. The molecule has 174 valence electrons. The molecule has 31 heavy (non-hydrogen) atoms. The Morgan fingerprint density at radius 2 is 1.81 bits per heavy atom. The maximum atomic E-state index is 11.9. The molecule has 1 aliphatic heterocycles.